The van der Waals surface area contributed by atoms with E-state index < -0.39 is 0 Å². The van der Waals surface area contributed by atoms with Crippen molar-refractivity contribution in [3.05, 3.63) is 94.8 Å². The topological polar surface area (TPSA) is 54.0 Å². The third kappa shape index (κ3) is 4.83. The number of pyridine rings is 1. The van der Waals surface area contributed by atoms with Gasteiger partial charge in [-0.3, -0.25) is 9.78 Å². The molecular weight excluding hydrogens is 346 g/mol. The predicted octanol–water partition coefficient (Wildman–Crippen LogP) is 4.84. The van der Waals surface area contributed by atoms with Gasteiger partial charge in [-0.15, -0.1) is 0 Å². The fourth-order valence-electron chi connectivity index (χ4n) is 2.57. The van der Waals surface area contributed by atoms with E-state index in [1.165, 1.54) is 0 Å². The van der Waals surface area contributed by atoms with Crippen LogP contribution in [0.4, 0.5) is 5.69 Å². The molecule has 0 fully saturated rings. The SMILES string of the molecule is CC(NC(=O)c1cc(NCc2ccc(Cl)cc2)ccn1)c1ccccc1. The number of carbonyl (C=O) groups excluding carboxylic acids is 1. The van der Waals surface area contributed by atoms with Crippen LogP contribution in [0.1, 0.15) is 34.6 Å². The molecule has 1 aromatic heterocycles. The van der Waals surface area contributed by atoms with Gasteiger partial charge in [-0.25, -0.2) is 0 Å². The molecule has 132 valence electrons. The molecule has 0 saturated heterocycles. The number of halogens is 1. The van der Waals surface area contributed by atoms with E-state index in [1.807, 2.05) is 67.6 Å². The first-order valence-electron chi connectivity index (χ1n) is 8.42. The van der Waals surface area contributed by atoms with Gasteiger partial charge in [-0.05, 0) is 42.3 Å². The monoisotopic (exact) mass is 365 g/mol. The molecule has 3 rings (SSSR count). The van der Waals surface area contributed by atoms with Crippen LogP contribution in [-0.4, -0.2) is 10.9 Å². The first kappa shape index (κ1) is 18.0. The van der Waals surface area contributed by atoms with Crippen LogP contribution in [0.2, 0.25) is 5.02 Å². The summed E-state index contributed by atoms with van der Waals surface area (Å²) >= 11 is 5.90. The molecule has 0 aliphatic heterocycles. The van der Waals surface area contributed by atoms with E-state index in [2.05, 4.69) is 15.6 Å². The second-order valence-electron chi connectivity index (χ2n) is 6.02. The molecule has 4 nitrogen and oxygen atoms in total. The molecule has 0 saturated carbocycles. The molecule has 1 atom stereocenters. The van der Waals surface area contributed by atoms with Crippen LogP contribution in [0.3, 0.4) is 0 Å². The first-order chi connectivity index (χ1) is 12.6. The van der Waals surface area contributed by atoms with Crippen molar-refractivity contribution < 1.29 is 4.79 Å². The fourth-order valence-corrected chi connectivity index (χ4v) is 2.69. The second-order valence-corrected chi connectivity index (χ2v) is 6.45. The summed E-state index contributed by atoms with van der Waals surface area (Å²) in [6.45, 7) is 2.60. The van der Waals surface area contributed by atoms with E-state index in [-0.39, 0.29) is 11.9 Å². The van der Waals surface area contributed by atoms with Crippen LogP contribution < -0.4 is 10.6 Å². The van der Waals surface area contributed by atoms with Gasteiger partial charge in [0.2, 0.25) is 0 Å². The molecule has 5 heteroatoms. The maximum absolute atomic E-state index is 12.5. The van der Waals surface area contributed by atoms with Gasteiger partial charge in [0.15, 0.2) is 0 Å². The summed E-state index contributed by atoms with van der Waals surface area (Å²) < 4.78 is 0. The Bertz CT molecular complexity index is 866. The number of nitrogens with one attached hydrogen (secondary N) is 2. The van der Waals surface area contributed by atoms with Crippen molar-refractivity contribution in [1.29, 1.82) is 0 Å². The molecule has 1 amide bonds. The van der Waals surface area contributed by atoms with Crippen LogP contribution in [0.25, 0.3) is 0 Å². The Morgan fingerprint density at radius 3 is 2.54 bits per heavy atom. The van der Waals surface area contributed by atoms with Crippen molar-refractivity contribution in [3.8, 4) is 0 Å². The van der Waals surface area contributed by atoms with Crippen LogP contribution in [0, 0.1) is 0 Å². The molecule has 1 unspecified atom stereocenters. The van der Waals surface area contributed by atoms with Crippen molar-refractivity contribution in [2.75, 3.05) is 5.32 Å². The third-order valence-electron chi connectivity index (χ3n) is 4.05. The average molecular weight is 366 g/mol. The van der Waals surface area contributed by atoms with E-state index in [0.717, 1.165) is 16.8 Å². The number of carbonyl (C=O) groups is 1. The van der Waals surface area contributed by atoms with Crippen molar-refractivity contribution >= 4 is 23.2 Å². The molecule has 2 N–H and O–H groups in total. The highest BCUT2D eigenvalue weighted by molar-refractivity contribution is 6.30. The maximum atomic E-state index is 12.5. The van der Waals surface area contributed by atoms with Crippen molar-refractivity contribution in [3.63, 3.8) is 0 Å². The zero-order chi connectivity index (χ0) is 18.4. The number of benzene rings is 2. The van der Waals surface area contributed by atoms with Crippen LogP contribution in [-0.2, 0) is 6.54 Å². The first-order valence-corrected chi connectivity index (χ1v) is 8.80. The summed E-state index contributed by atoms with van der Waals surface area (Å²) in [4.78, 5) is 16.7. The lowest BCUT2D eigenvalue weighted by molar-refractivity contribution is 0.0935. The summed E-state index contributed by atoms with van der Waals surface area (Å²) in [5, 5.41) is 6.99. The van der Waals surface area contributed by atoms with E-state index in [4.69, 9.17) is 11.6 Å². The largest absolute Gasteiger partial charge is 0.381 e. The Kier molecular flexibility index (Phi) is 5.87. The molecular formula is C21H20ClN3O. The maximum Gasteiger partial charge on any atom is 0.270 e. The lowest BCUT2D eigenvalue weighted by atomic mass is 10.1. The number of hydrogen-bond donors (Lipinski definition) is 2. The van der Waals surface area contributed by atoms with Crippen LogP contribution in [0.15, 0.2) is 72.9 Å². The Balaban J connectivity index is 1.62. The molecule has 2 aromatic carbocycles. The number of hydrogen-bond acceptors (Lipinski definition) is 3. The van der Waals surface area contributed by atoms with Gasteiger partial charge in [0.25, 0.3) is 5.91 Å². The Morgan fingerprint density at radius 1 is 1.08 bits per heavy atom. The number of amides is 1. The van der Waals surface area contributed by atoms with Crippen molar-refractivity contribution in [2.45, 2.75) is 19.5 Å². The zero-order valence-electron chi connectivity index (χ0n) is 14.4. The van der Waals surface area contributed by atoms with Gasteiger partial charge in [0.05, 0.1) is 6.04 Å². The van der Waals surface area contributed by atoms with Gasteiger partial charge in [-0.1, -0.05) is 54.1 Å². The molecule has 0 bridgehead atoms. The van der Waals surface area contributed by atoms with Crippen molar-refractivity contribution in [1.82, 2.24) is 10.3 Å². The van der Waals surface area contributed by atoms with Gasteiger partial charge in [0.1, 0.15) is 5.69 Å². The minimum Gasteiger partial charge on any atom is -0.381 e. The van der Waals surface area contributed by atoms with E-state index >= 15 is 0 Å². The number of nitrogens with zero attached hydrogens (tertiary/aromatic N) is 1. The predicted molar refractivity (Wildman–Crippen MR) is 105 cm³/mol. The Morgan fingerprint density at radius 2 is 1.81 bits per heavy atom. The Hall–Kier alpha value is -2.85. The Labute approximate surface area is 158 Å². The molecule has 0 spiro atoms. The lowest BCUT2D eigenvalue weighted by Gasteiger charge is -2.14. The van der Waals surface area contributed by atoms with Crippen molar-refractivity contribution in [2.24, 2.45) is 0 Å². The van der Waals surface area contributed by atoms with E-state index in [1.54, 1.807) is 12.3 Å². The molecule has 1 heterocycles. The smallest absolute Gasteiger partial charge is 0.270 e. The van der Waals surface area contributed by atoms with Gasteiger partial charge in [-0.2, -0.15) is 0 Å². The molecule has 0 radical (unpaired) electrons. The minimum atomic E-state index is -0.198. The summed E-state index contributed by atoms with van der Waals surface area (Å²) in [7, 11) is 0. The highest BCUT2D eigenvalue weighted by Crippen LogP contribution is 2.15. The van der Waals surface area contributed by atoms with Gasteiger partial charge >= 0.3 is 0 Å². The number of anilines is 1. The second kappa shape index (κ2) is 8.50. The molecule has 3 aromatic rings. The highest BCUT2D eigenvalue weighted by Gasteiger charge is 2.12. The summed E-state index contributed by atoms with van der Waals surface area (Å²) in [5.41, 5.74) is 3.38. The van der Waals surface area contributed by atoms with Gasteiger partial charge < -0.3 is 10.6 Å². The molecule has 0 aliphatic carbocycles. The van der Waals surface area contributed by atoms with E-state index in [9.17, 15) is 4.79 Å². The summed E-state index contributed by atoms with van der Waals surface area (Å²) in [6, 6.07) is 21.0. The van der Waals surface area contributed by atoms with Gasteiger partial charge in [0, 0.05) is 23.5 Å². The summed E-state index contributed by atoms with van der Waals surface area (Å²) in [6.07, 6.45) is 1.63. The van der Waals surface area contributed by atoms with E-state index in [0.29, 0.717) is 17.3 Å². The molecule has 26 heavy (non-hydrogen) atoms. The number of rotatable bonds is 6. The quantitative estimate of drug-likeness (QED) is 0.657. The van der Waals surface area contributed by atoms with Crippen LogP contribution >= 0.6 is 11.6 Å². The average Bonchev–Trinajstić information content (AvgIpc) is 2.68. The lowest BCUT2D eigenvalue weighted by Crippen LogP contribution is -2.27. The fraction of sp³-hybridized carbons (Fsp3) is 0.143. The highest BCUT2D eigenvalue weighted by atomic mass is 35.5. The van der Waals surface area contributed by atoms with Crippen LogP contribution in [0.5, 0.6) is 0 Å². The number of aromatic nitrogens is 1. The molecule has 0 aliphatic rings. The normalized spacial score (nSPS) is 11.6. The minimum absolute atomic E-state index is 0.0869. The zero-order valence-corrected chi connectivity index (χ0v) is 15.2. The summed E-state index contributed by atoms with van der Waals surface area (Å²) in [5.74, 6) is -0.198. The third-order valence-corrected chi connectivity index (χ3v) is 4.30. The standard InChI is InChI=1S/C21H20ClN3O/c1-15(17-5-3-2-4-6-17)25-21(26)20-13-19(11-12-23-20)24-14-16-7-9-18(22)10-8-16/h2-13,15H,14H2,1H3,(H,23,24)(H,25,26).